The molecule has 2 aromatic rings. The molecule has 0 aliphatic carbocycles. The predicted octanol–water partition coefficient (Wildman–Crippen LogP) is 4.94. The molecule has 1 unspecified atom stereocenters. The van der Waals surface area contributed by atoms with Gasteiger partial charge in [-0.3, -0.25) is 0 Å². The Labute approximate surface area is 122 Å². The summed E-state index contributed by atoms with van der Waals surface area (Å²) in [6, 6.07) is 3.19. The fraction of sp³-hybridized carbons (Fsp3) is 0.308. The summed E-state index contributed by atoms with van der Waals surface area (Å²) >= 11 is 3.13. The van der Waals surface area contributed by atoms with Crippen LogP contribution in [0.25, 0.3) is 0 Å². The summed E-state index contributed by atoms with van der Waals surface area (Å²) in [5, 5.41) is 3.05. The number of nitrogens with one attached hydrogen (secondary N) is 1. The average Bonchev–Trinajstić information content (AvgIpc) is 2.77. The number of halogens is 4. The van der Waals surface area contributed by atoms with E-state index < -0.39 is 11.7 Å². The van der Waals surface area contributed by atoms with Crippen molar-refractivity contribution < 1.29 is 17.6 Å². The lowest BCUT2D eigenvalue weighted by Crippen LogP contribution is -2.09. The monoisotopic (exact) mass is 348 g/mol. The van der Waals surface area contributed by atoms with Gasteiger partial charge in [0.25, 0.3) is 0 Å². The quantitative estimate of drug-likeness (QED) is 0.853. The second-order valence-corrected chi connectivity index (χ2v) is 5.22. The van der Waals surface area contributed by atoms with Gasteiger partial charge in [0.2, 0.25) is 5.89 Å². The van der Waals surface area contributed by atoms with Crippen LogP contribution in [-0.4, -0.2) is 4.98 Å². The number of hydrogen-bond donors (Lipinski definition) is 1. The van der Waals surface area contributed by atoms with Gasteiger partial charge in [-0.1, -0.05) is 0 Å². The van der Waals surface area contributed by atoms with Crippen LogP contribution < -0.4 is 5.32 Å². The second-order valence-electron chi connectivity index (χ2n) is 4.37. The lowest BCUT2D eigenvalue weighted by molar-refractivity contribution is -0.137. The molecule has 108 valence electrons. The van der Waals surface area contributed by atoms with E-state index in [1.807, 2.05) is 6.92 Å². The molecule has 1 aromatic heterocycles. The number of benzene rings is 1. The molecule has 0 fully saturated rings. The van der Waals surface area contributed by atoms with Crippen molar-refractivity contribution in [2.75, 3.05) is 5.32 Å². The van der Waals surface area contributed by atoms with Crippen LogP contribution in [0, 0.1) is 6.92 Å². The van der Waals surface area contributed by atoms with E-state index in [1.54, 1.807) is 13.1 Å². The van der Waals surface area contributed by atoms with Crippen LogP contribution in [-0.2, 0) is 6.18 Å². The third-order valence-electron chi connectivity index (χ3n) is 2.68. The van der Waals surface area contributed by atoms with Crippen molar-refractivity contribution in [1.82, 2.24) is 4.98 Å². The van der Waals surface area contributed by atoms with Crippen molar-refractivity contribution in [3.8, 4) is 0 Å². The maximum absolute atomic E-state index is 12.6. The predicted molar refractivity (Wildman–Crippen MR) is 72.4 cm³/mol. The van der Waals surface area contributed by atoms with Crippen LogP contribution in [0.2, 0.25) is 0 Å². The maximum Gasteiger partial charge on any atom is 0.416 e. The maximum atomic E-state index is 12.6. The molecule has 0 radical (unpaired) electrons. The van der Waals surface area contributed by atoms with Gasteiger partial charge < -0.3 is 9.73 Å². The molecule has 2 rings (SSSR count). The topological polar surface area (TPSA) is 38.1 Å². The summed E-state index contributed by atoms with van der Waals surface area (Å²) in [4.78, 5) is 4.07. The molecule has 1 aromatic carbocycles. The Hall–Kier alpha value is -1.50. The molecule has 0 aliphatic heterocycles. The highest BCUT2D eigenvalue weighted by atomic mass is 79.9. The van der Waals surface area contributed by atoms with E-state index in [4.69, 9.17) is 4.42 Å². The van der Waals surface area contributed by atoms with Gasteiger partial charge in [-0.2, -0.15) is 13.2 Å². The SMILES string of the molecule is Cc1cnc(C(C)Nc2ccc(C(F)(F)F)cc2Br)o1. The summed E-state index contributed by atoms with van der Waals surface area (Å²) in [6.45, 7) is 3.59. The lowest BCUT2D eigenvalue weighted by atomic mass is 10.2. The van der Waals surface area contributed by atoms with Crippen LogP contribution in [0.15, 0.2) is 33.3 Å². The Morgan fingerprint density at radius 3 is 2.55 bits per heavy atom. The average molecular weight is 349 g/mol. The van der Waals surface area contributed by atoms with Crippen molar-refractivity contribution in [3.63, 3.8) is 0 Å². The van der Waals surface area contributed by atoms with Gasteiger partial charge in [0.15, 0.2) is 0 Å². The van der Waals surface area contributed by atoms with E-state index >= 15 is 0 Å². The number of aromatic nitrogens is 1. The zero-order valence-electron chi connectivity index (χ0n) is 10.8. The van der Waals surface area contributed by atoms with Crippen molar-refractivity contribution in [2.24, 2.45) is 0 Å². The molecule has 7 heteroatoms. The minimum Gasteiger partial charge on any atom is -0.444 e. The van der Waals surface area contributed by atoms with Crippen LogP contribution in [0.4, 0.5) is 18.9 Å². The number of anilines is 1. The van der Waals surface area contributed by atoms with Crippen molar-refractivity contribution in [3.05, 3.63) is 46.1 Å². The largest absolute Gasteiger partial charge is 0.444 e. The molecule has 0 saturated carbocycles. The molecule has 1 atom stereocenters. The van der Waals surface area contributed by atoms with E-state index in [0.717, 1.165) is 12.1 Å². The van der Waals surface area contributed by atoms with Crippen LogP contribution in [0.5, 0.6) is 0 Å². The Kier molecular flexibility index (Phi) is 4.08. The molecule has 0 saturated heterocycles. The first-order chi connectivity index (χ1) is 9.27. The van der Waals surface area contributed by atoms with Crippen molar-refractivity contribution in [1.29, 1.82) is 0 Å². The first-order valence-electron chi connectivity index (χ1n) is 5.83. The number of oxazole rings is 1. The number of hydrogen-bond acceptors (Lipinski definition) is 3. The van der Waals surface area contributed by atoms with Crippen molar-refractivity contribution >= 4 is 21.6 Å². The summed E-state index contributed by atoms with van der Waals surface area (Å²) in [7, 11) is 0. The highest BCUT2D eigenvalue weighted by Crippen LogP contribution is 2.34. The summed E-state index contributed by atoms with van der Waals surface area (Å²) in [6.07, 6.45) is -2.76. The smallest absolute Gasteiger partial charge is 0.416 e. The fourth-order valence-electron chi connectivity index (χ4n) is 1.68. The standard InChI is InChI=1S/C13H12BrF3N2O/c1-7-6-18-12(20-7)8(2)19-11-4-3-9(5-10(11)14)13(15,16)17/h3-6,8,19H,1-2H3. The minimum atomic E-state index is -4.35. The van der Waals surface area contributed by atoms with Gasteiger partial charge in [-0.25, -0.2) is 4.98 Å². The fourth-order valence-corrected chi connectivity index (χ4v) is 2.17. The Morgan fingerprint density at radius 1 is 1.35 bits per heavy atom. The number of rotatable bonds is 3. The third-order valence-corrected chi connectivity index (χ3v) is 3.33. The normalized spacial score (nSPS) is 13.3. The third kappa shape index (κ3) is 3.33. The van der Waals surface area contributed by atoms with Gasteiger partial charge in [-0.05, 0) is 48.0 Å². The van der Waals surface area contributed by atoms with Crippen molar-refractivity contribution in [2.45, 2.75) is 26.1 Å². The number of alkyl halides is 3. The van der Waals surface area contributed by atoms with Gasteiger partial charge in [0.1, 0.15) is 11.8 Å². The van der Waals surface area contributed by atoms with Crippen LogP contribution >= 0.6 is 15.9 Å². The van der Waals surface area contributed by atoms with E-state index in [9.17, 15) is 13.2 Å². The molecule has 0 spiro atoms. The molecule has 0 aliphatic rings. The molecule has 3 nitrogen and oxygen atoms in total. The van der Waals surface area contributed by atoms with E-state index in [1.165, 1.54) is 6.07 Å². The summed E-state index contributed by atoms with van der Waals surface area (Å²) < 4.78 is 43.4. The highest BCUT2D eigenvalue weighted by Gasteiger charge is 2.30. The summed E-state index contributed by atoms with van der Waals surface area (Å²) in [5.41, 5.74) is -0.157. The zero-order chi connectivity index (χ0) is 14.9. The highest BCUT2D eigenvalue weighted by molar-refractivity contribution is 9.10. The molecule has 0 bridgehead atoms. The number of nitrogens with zero attached hydrogens (tertiary/aromatic N) is 1. The first kappa shape index (κ1) is 14.9. The lowest BCUT2D eigenvalue weighted by Gasteiger charge is -2.15. The molecule has 1 heterocycles. The Balaban J connectivity index is 2.18. The minimum absolute atomic E-state index is 0.253. The van der Waals surface area contributed by atoms with Crippen LogP contribution in [0.1, 0.15) is 30.2 Å². The molecular formula is C13H12BrF3N2O. The first-order valence-corrected chi connectivity index (χ1v) is 6.62. The zero-order valence-corrected chi connectivity index (χ0v) is 12.3. The van der Waals surface area contributed by atoms with Gasteiger partial charge in [-0.15, -0.1) is 0 Å². The van der Waals surface area contributed by atoms with Gasteiger partial charge in [0.05, 0.1) is 11.8 Å². The molecule has 1 N–H and O–H groups in total. The molecule has 0 amide bonds. The Bertz CT molecular complexity index is 610. The Morgan fingerprint density at radius 2 is 2.05 bits per heavy atom. The summed E-state index contributed by atoms with van der Waals surface area (Å²) in [5.74, 6) is 1.16. The van der Waals surface area contributed by atoms with E-state index in [2.05, 4.69) is 26.2 Å². The molecule has 20 heavy (non-hydrogen) atoms. The molecular weight excluding hydrogens is 337 g/mol. The van der Waals surface area contributed by atoms with E-state index in [-0.39, 0.29) is 6.04 Å². The van der Waals surface area contributed by atoms with Crippen LogP contribution in [0.3, 0.4) is 0 Å². The van der Waals surface area contributed by atoms with E-state index in [0.29, 0.717) is 21.8 Å². The van der Waals surface area contributed by atoms with Gasteiger partial charge in [0, 0.05) is 10.2 Å². The number of aryl methyl sites for hydroxylation is 1. The second kappa shape index (κ2) is 5.47. The van der Waals surface area contributed by atoms with Gasteiger partial charge >= 0.3 is 6.18 Å².